The van der Waals surface area contributed by atoms with E-state index in [0.29, 0.717) is 22.3 Å². The molecule has 87 heavy (non-hydrogen) atoms. The number of esters is 1. The molecule has 0 saturated carbocycles. The number of phenols is 2. The van der Waals surface area contributed by atoms with E-state index >= 15 is 0 Å². The summed E-state index contributed by atoms with van der Waals surface area (Å²) in [6.45, 7) is 7.18. The van der Waals surface area contributed by atoms with Gasteiger partial charge < -0.3 is 77.6 Å². The number of phosphoric ester groups is 1. The maximum absolute atomic E-state index is 14.6. The van der Waals surface area contributed by atoms with Crippen LogP contribution in [0.25, 0.3) is 0 Å². The highest BCUT2D eigenvalue weighted by molar-refractivity contribution is 7.46. The highest BCUT2D eigenvalue weighted by Crippen LogP contribution is 2.57. The minimum Gasteiger partial charge on any atom is -0.508 e. The van der Waals surface area contributed by atoms with Crippen LogP contribution in [0, 0.1) is 11.8 Å². The highest BCUT2D eigenvalue weighted by Gasteiger charge is 2.54. The lowest BCUT2D eigenvalue weighted by molar-refractivity contribution is -0.143. The fourth-order valence-corrected chi connectivity index (χ4v) is 10.8. The summed E-state index contributed by atoms with van der Waals surface area (Å²) in [6.07, 6.45) is -2.30. The Morgan fingerprint density at radius 3 is 1.91 bits per heavy atom. The van der Waals surface area contributed by atoms with E-state index in [1.54, 1.807) is 27.7 Å². The van der Waals surface area contributed by atoms with E-state index in [4.69, 9.17) is 20.9 Å². The number of hydrogen-bond acceptors (Lipinski definition) is 17. The standard InChI is InChI=1S/C57H68N9O19P.CH4/c1-27(2)21-41(55(78)66-20-6-7-42(66)53(76)62-39(18-19-45(58)70)51(74)65-48(29(5)67)54(77)64-47(28(3)4)49(59)72)63-52(75)40(22-30-8-13-34(14-9-30)85-86(80,81)82)61-46(71)26-60-50(73)31-10-15-36-35(23-31)56(79)84-57(36)37-16-11-32(68)24-43(37)83-44-25-33(69)12-17-38(44)57;/h8-17,23-25,27-29,39-42,47-48,67-69H,6-7,18-22,26H2,1-5H3,(H2,58,70)(H2,59,72)(H,60,73)(H,61,71)(H,62,76)(H,63,75)(H,64,77)(H,65,74)(H2,80,81,82);1H4. The molecule has 1 spiro atoms. The smallest absolute Gasteiger partial charge is 0.508 e. The average Bonchev–Trinajstić information content (AvgIpc) is 1.64. The fraction of sp³-hybridized carbons (Fsp3) is 0.414. The monoisotopic (exact) mass is 1230 g/mol. The molecule has 7 rings (SSSR count). The van der Waals surface area contributed by atoms with Crippen molar-refractivity contribution in [2.75, 3.05) is 13.1 Å². The van der Waals surface area contributed by atoms with Crippen LogP contribution in [-0.2, 0) is 59.7 Å². The average molecular weight is 1230 g/mol. The van der Waals surface area contributed by atoms with E-state index in [9.17, 15) is 77.6 Å². The first-order valence-electron chi connectivity index (χ1n) is 27.4. The first-order valence-corrected chi connectivity index (χ1v) is 28.9. The van der Waals surface area contributed by atoms with Crippen molar-refractivity contribution in [2.45, 2.75) is 129 Å². The molecule has 0 aromatic heterocycles. The molecule has 0 radical (unpaired) electrons. The predicted molar refractivity (Wildman–Crippen MR) is 308 cm³/mol. The van der Waals surface area contributed by atoms with Crippen molar-refractivity contribution in [1.82, 2.24) is 36.8 Å². The summed E-state index contributed by atoms with van der Waals surface area (Å²) in [5.74, 6) is -9.82. The third-order valence-corrected chi connectivity index (χ3v) is 14.9. The highest BCUT2D eigenvalue weighted by atomic mass is 31.2. The zero-order valence-electron chi connectivity index (χ0n) is 47.4. The zero-order valence-corrected chi connectivity index (χ0v) is 48.3. The lowest BCUT2D eigenvalue weighted by Crippen LogP contribution is -2.61. The van der Waals surface area contributed by atoms with Crippen molar-refractivity contribution in [3.8, 4) is 28.7 Å². The number of phosphoric acid groups is 1. The number of rotatable bonds is 25. The molecule has 468 valence electrons. The Balaban J connectivity index is 0.0000121. The van der Waals surface area contributed by atoms with Gasteiger partial charge in [0.15, 0.2) is 5.60 Å². The first-order chi connectivity index (χ1) is 40.5. The van der Waals surface area contributed by atoms with Crippen LogP contribution in [-0.4, -0.2) is 145 Å². The van der Waals surface area contributed by atoms with Crippen molar-refractivity contribution in [3.63, 3.8) is 0 Å². The number of nitrogens with one attached hydrogen (secondary N) is 6. The van der Waals surface area contributed by atoms with Crippen molar-refractivity contribution in [2.24, 2.45) is 23.3 Å². The van der Waals surface area contributed by atoms with E-state index in [0.717, 1.165) is 0 Å². The number of phenolic OH excluding ortho intramolecular Hbond substituents is 2. The van der Waals surface area contributed by atoms with Crippen LogP contribution in [0.15, 0.2) is 78.9 Å². The zero-order chi connectivity index (χ0) is 63.1. The summed E-state index contributed by atoms with van der Waals surface area (Å²) in [6, 6.07) is 9.17. The second-order valence-electron chi connectivity index (χ2n) is 21.8. The van der Waals surface area contributed by atoms with Gasteiger partial charge in [-0.25, -0.2) is 9.36 Å². The number of carbonyl (C=O) groups is 10. The molecular formula is C58H72N9O19P. The number of ether oxygens (including phenoxy) is 2. The Bertz CT molecular complexity index is 3320. The van der Waals surface area contributed by atoms with E-state index in [-0.39, 0.29) is 91.9 Å². The lowest BCUT2D eigenvalue weighted by Gasteiger charge is -2.36. The molecular weight excluding hydrogens is 1160 g/mol. The van der Waals surface area contributed by atoms with Crippen molar-refractivity contribution < 1.29 is 91.6 Å². The van der Waals surface area contributed by atoms with Gasteiger partial charge in [-0.1, -0.05) is 53.3 Å². The normalized spacial score (nSPS) is 16.6. The van der Waals surface area contributed by atoms with Gasteiger partial charge in [-0.15, -0.1) is 0 Å². The molecule has 1 fully saturated rings. The number of benzene rings is 4. The number of primary amides is 2. The summed E-state index contributed by atoms with van der Waals surface area (Å²) in [4.78, 5) is 156. The largest absolute Gasteiger partial charge is 0.524 e. The molecule has 29 heteroatoms. The molecule has 7 atom stereocenters. The van der Waals surface area contributed by atoms with Gasteiger partial charge in [-0.3, -0.25) is 52.9 Å². The number of likely N-dealkylation sites (tertiary alicyclic amines) is 1. The molecule has 3 aliphatic heterocycles. The molecule has 15 N–H and O–H groups in total. The van der Waals surface area contributed by atoms with E-state index in [1.807, 2.05) is 0 Å². The maximum atomic E-state index is 14.6. The van der Waals surface area contributed by atoms with Crippen LogP contribution in [0.1, 0.15) is 117 Å². The van der Waals surface area contributed by atoms with Crippen molar-refractivity contribution in [1.29, 1.82) is 0 Å². The number of hydrogen-bond donors (Lipinski definition) is 13. The molecule has 4 aromatic carbocycles. The summed E-state index contributed by atoms with van der Waals surface area (Å²) < 4.78 is 28.3. The first kappa shape index (κ1) is 67.0. The number of aromatic hydroxyl groups is 2. The van der Waals surface area contributed by atoms with Crippen LogP contribution >= 0.6 is 7.82 Å². The minimum absolute atomic E-state index is 0. The molecule has 0 aliphatic carbocycles. The number of nitrogens with zero attached hydrogens (tertiary/aromatic N) is 1. The van der Waals surface area contributed by atoms with Crippen LogP contribution in [0.4, 0.5) is 0 Å². The van der Waals surface area contributed by atoms with Crippen LogP contribution < -0.4 is 52.6 Å². The summed E-state index contributed by atoms with van der Waals surface area (Å²) >= 11 is 0. The summed E-state index contributed by atoms with van der Waals surface area (Å²) in [5.41, 5.74) is 10.4. The topological polar surface area (TPSA) is 444 Å². The summed E-state index contributed by atoms with van der Waals surface area (Å²) in [7, 11) is -4.97. The molecule has 7 unspecified atom stereocenters. The van der Waals surface area contributed by atoms with Crippen molar-refractivity contribution in [3.05, 3.63) is 112 Å². The van der Waals surface area contributed by atoms with Gasteiger partial charge in [0.1, 0.15) is 65.0 Å². The third kappa shape index (κ3) is 16.1. The van der Waals surface area contributed by atoms with Gasteiger partial charge in [0, 0.05) is 53.8 Å². The number of aliphatic hydroxyl groups is 1. The summed E-state index contributed by atoms with van der Waals surface area (Å²) in [5, 5.41) is 46.1. The number of aliphatic hydroxyl groups excluding tert-OH is 1. The van der Waals surface area contributed by atoms with E-state index < -0.39 is 134 Å². The van der Waals surface area contributed by atoms with Gasteiger partial charge in [-0.2, -0.15) is 0 Å². The number of carbonyl (C=O) groups excluding carboxylic acids is 10. The number of amides is 9. The van der Waals surface area contributed by atoms with Gasteiger partial charge in [0.05, 0.1) is 18.2 Å². The second-order valence-corrected chi connectivity index (χ2v) is 23.0. The quantitative estimate of drug-likeness (QED) is 0.0325. The Hall–Kier alpha value is -9.11. The molecule has 1 saturated heterocycles. The molecule has 9 amide bonds. The Labute approximate surface area is 499 Å². The van der Waals surface area contributed by atoms with Crippen molar-refractivity contribution >= 4 is 67.0 Å². The van der Waals surface area contributed by atoms with Gasteiger partial charge >= 0.3 is 13.8 Å². The van der Waals surface area contributed by atoms with Gasteiger partial charge in [0.2, 0.25) is 47.3 Å². The Kier molecular flexibility index (Phi) is 21.5. The predicted octanol–water partition coefficient (Wildman–Crippen LogP) is 0.995. The Morgan fingerprint density at radius 2 is 1.34 bits per heavy atom. The molecule has 0 bridgehead atoms. The van der Waals surface area contributed by atoms with Crippen LogP contribution in [0.5, 0.6) is 28.7 Å². The number of fused-ring (bicyclic) bond motifs is 6. The lowest BCUT2D eigenvalue weighted by atomic mass is 9.77. The SMILES string of the molecule is C.CC(C)CC(NC(=O)C(Cc1ccc(OP(=O)(O)O)cc1)NC(=O)CNC(=O)c1ccc2c(c1)C(=O)OC21c2ccc(O)cc2Oc2cc(O)ccc21)C(=O)N1CCCC1C(=O)NC(CCC(N)=O)C(=O)NC(C(=O)NC(C(N)=O)C(C)C)C(C)O. The second kappa shape index (κ2) is 27.9. The molecule has 3 aliphatic rings. The fourth-order valence-electron chi connectivity index (χ4n) is 10.4. The van der Waals surface area contributed by atoms with Gasteiger partial charge in [0.25, 0.3) is 5.91 Å². The maximum Gasteiger partial charge on any atom is 0.524 e. The van der Waals surface area contributed by atoms with Gasteiger partial charge in [-0.05, 0) is 98.5 Å². The molecule has 3 heterocycles. The minimum atomic E-state index is -4.97. The third-order valence-electron chi connectivity index (χ3n) is 14.5. The van der Waals surface area contributed by atoms with E-state index in [1.165, 1.54) is 90.7 Å². The van der Waals surface area contributed by atoms with Crippen LogP contribution in [0.2, 0.25) is 0 Å². The van der Waals surface area contributed by atoms with E-state index in [2.05, 4.69) is 36.4 Å². The molecule has 28 nitrogen and oxygen atoms in total. The van der Waals surface area contributed by atoms with Crippen LogP contribution in [0.3, 0.4) is 0 Å². The Morgan fingerprint density at radius 1 is 0.747 bits per heavy atom. The molecule has 4 aromatic rings. The number of nitrogens with two attached hydrogens (primary N) is 2.